The number of carbonyl (C=O) groups is 1. The van der Waals surface area contributed by atoms with Crippen molar-refractivity contribution in [2.24, 2.45) is 5.92 Å². The lowest BCUT2D eigenvalue weighted by atomic mass is 9.95. The van der Waals surface area contributed by atoms with E-state index in [1.165, 1.54) is 45.3 Å². The first kappa shape index (κ1) is 22.7. The van der Waals surface area contributed by atoms with Gasteiger partial charge in [0.2, 0.25) is 0 Å². The van der Waals surface area contributed by atoms with Crippen LogP contribution in [-0.2, 0) is 0 Å². The van der Waals surface area contributed by atoms with Crippen LogP contribution in [0.15, 0.2) is 30.5 Å². The molecule has 0 bridgehead atoms. The van der Waals surface area contributed by atoms with E-state index in [0.29, 0.717) is 11.8 Å². The van der Waals surface area contributed by atoms with Crippen LogP contribution in [0.4, 0.5) is 0 Å². The van der Waals surface area contributed by atoms with Gasteiger partial charge in [0.15, 0.2) is 11.5 Å². The van der Waals surface area contributed by atoms with Gasteiger partial charge in [-0.3, -0.25) is 4.79 Å². The number of hydrogen-bond acceptors (Lipinski definition) is 5. The van der Waals surface area contributed by atoms with Crippen molar-refractivity contribution in [2.45, 2.75) is 64.2 Å². The molecule has 184 valence electrons. The summed E-state index contributed by atoms with van der Waals surface area (Å²) < 4.78 is 1.81. The molecule has 7 heteroatoms. The van der Waals surface area contributed by atoms with Crippen LogP contribution in [0.5, 0.6) is 0 Å². The van der Waals surface area contributed by atoms with Crippen LogP contribution in [0, 0.1) is 12.8 Å². The molecule has 1 saturated carbocycles. The van der Waals surface area contributed by atoms with Gasteiger partial charge in [-0.2, -0.15) is 9.78 Å². The minimum atomic E-state index is 0.135. The Morgan fingerprint density at radius 1 is 1.00 bits per heavy atom. The van der Waals surface area contributed by atoms with Gasteiger partial charge in [0.25, 0.3) is 5.91 Å². The van der Waals surface area contributed by atoms with E-state index in [2.05, 4.69) is 20.9 Å². The van der Waals surface area contributed by atoms with Crippen LogP contribution in [-0.4, -0.2) is 68.2 Å². The van der Waals surface area contributed by atoms with Crippen LogP contribution in [0.1, 0.15) is 79.0 Å². The fourth-order valence-corrected chi connectivity index (χ4v) is 5.88. The van der Waals surface area contributed by atoms with Crippen molar-refractivity contribution in [1.29, 1.82) is 0 Å². The molecule has 0 radical (unpaired) electrons. The van der Waals surface area contributed by atoms with E-state index >= 15 is 0 Å². The highest BCUT2D eigenvalue weighted by molar-refractivity contribution is 6.06. The summed E-state index contributed by atoms with van der Waals surface area (Å²) >= 11 is 0. The van der Waals surface area contributed by atoms with Gasteiger partial charge in [-0.05, 0) is 82.7 Å². The number of carbonyl (C=O) groups excluding carboxylic acids is 1. The molecule has 0 spiro atoms. The van der Waals surface area contributed by atoms with Gasteiger partial charge in [0.05, 0.1) is 16.6 Å². The first-order chi connectivity index (χ1) is 17.2. The normalized spacial score (nSPS) is 20.3. The van der Waals surface area contributed by atoms with Crippen LogP contribution in [0.2, 0.25) is 0 Å². The summed E-state index contributed by atoms with van der Waals surface area (Å²) in [6.07, 6.45) is 11.7. The third-order valence-electron chi connectivity index (χ3n) is 8.04. The van der Waals surface area contributed by atoms with E-state index in [0.717, 1.165) is 72.6 Å². The van der Waals surface area contributed by atoms with Crippen LogP contribution in [0.3, 0.4) is 0 Å². The maximum atomic E-state index is 13.9. The maximum Gasteiger partial charge on any atom is 0.254 e. The number of aryl methyl sites for hydroxylation is 1. The maximum absolute atomic E-state index is 13.9. The lowest BCUT2D eigenvalue weighted by Crippen LogP contribution is -2.42. The SMILES string of the molecule is Cc1nn(-c2ccccn2)c2nc(C3CC3)cc(C(=O)N3CCC(CN4CCCCCC4)CC3)c12. The Morgan fingerprint density at radius 3 is 2.46 bits per heavy atom. The number of piperidine rings is 1. The number of pyridine rings is 2. The van der Waals surface area contributed by atoms with E-state index in [9.17, 15) is 4.79 Å². The molecule has 35 heavy (non-hydrogen) atoms. The average Bonchev–Trinajstić information content (AvgIpc) is 3.72. The smallest absolute Gasteiger partial charge is 0.254 e. The third-order valence-corrected chi connectivity index (χ3v) is 8.04. The Balaban J connectivity index is 1.25. The molecular formula is C28H36N6O. The molecule has 0 atom stereocenters. The second-order valence-corrected chi connectivity index (χ2v) is 10.7. The van der Waals surface area contributed by atoms with Gasteiger partial charge < -0.3 is 9.80 Å². The van der Waals surface area contributed by atoms with Crippen molar-refractivity contribution in [3.05, 3.63) is 47.4 Å². The molecule has 7 nitrogen and oxygen atoms in total. The molecule has 1 amide bonds. The van der Waals surface area contributed by atoms with Crippen LogP contribution < -0.4 is 0 Å². The minimum Gasteiger partial charge on any atom is -0.339 e. The van der Waals surface area contributed by atoms with E-state index in [1.54, 1.807) is 10.9 Å². The quantitative estimate of drug-likeness (QED) is 0.537. The van der Waals surface area contributed by atoms with Crippen LogP contribution >= 0.6 is 0 Å². The Labute approximate surface area is 207 Å². The van der Waals surface area contributed by atoms with Crippen LogP contribution in [0.25, 0.3) is 16.9 Å². The van der Waals surface area contributed by atoms with Gasteiger partial charge in [-0.1, -0.05) is 18.9 Å². The van der Waals surface area contributed by atoms with Gasteiger partial charge in [0, 0.05) is 37.4 Å². The highest BCUT2D eigenvalue weighted by Crippen LogP contribution is 2.41. The number of aromatic nitrogens is 4. The first-order valence-electron chi connectivity index (χ1n) is 13.5. The second kappa shape index (κ2) is 9.69. The highest BCUT2D eigenvalue weighted by atomic mass is 16.2. The number of fused-ring (bicyclic) bond motifs is 1. The molecule has 0 N–H and O–H groups in total. The molecule has 0 aromatic carbocycles. The molecule has 6 rings (SSSR count). The summed E-state index contributed by atoms with van der Waals surface area (Å²) in [6, 6.07) is 7.85. The first-order valence-corrected chi connectivity index (χ1v) is 13.5. The molecule has 0 unspecified atom stereocenters. The van der Waals surface area contributed by atoms with Gasteiger partial charge in [-0.25, -0.2) is 9.97 Å². The molecule has 3 aromatic heterocycles. The summed E-state index contributed by atoms with van der Waals surface area (Å²) in [7, 11) is 0. The molecule has 1 aliphatic carbocycles. The highest BCUT2D eigenvalue weighted by Gasteiger charge is 2.32. The van der Waals surface area contributed by atoms with Crippen molar-refractivity contribution in [1.82, 2.24) is 29.5 Å². The van der Waals surface area contributed by atoms with Crippen molar-refractivity contribution in [3.63, 3.8) is 0 Å². The zero-order valence-corrected chi connectivity index (χ0v) is 20.8. The van der Waals surface area contributed by atoms with Crippen molar-refractivity contribution in [3.8, 4) is 5.82 Å². The summed E-state index contributed by atoms with van der Waals surface area (Å²) in [6.45, 7) is 7.35. The summed E-state index contributed by atoms with van der Waals surface area (Å²) in [5, 5.41) is 5.64. The Bertz CT molecular complexity index is 1190. The van der Waals surface area contributed by atoms with Gasteiger partial charge >= 0.3 is 0 Å². The minimum absolute atomic E-state index is 0.135. The summed E-state index contributed by atoms with van der Waals surface area (Å²) in [4.78, 5) is 28.1. The fourth-order valence-electron chi connectivity index (χ4n) is 5.88. The predicted molar refractivity (Wildman–Crippen MR) is 137 cm³/mol. The Hall–Kier alpha value is -2.80. The van der Waals surface area contributed by atoms with Crippen molar-refractivity contribution in [2.75, 3.05) is 32.7 Å². The van der Waals surface area contributed by atoms with Gasteiger partial charge in [0.1, 0.15) is 0 Å². The number of amides is 1. The van der Waals surface area contributed by atoms with E-state index in [1.807, 2.05) is 25.1 Å². The topological polar surface area (TPSA) is 67.2 Å². The monoisotopic (exact) mass is 472 g/mol. The van der Waals surface area contributed by atoms with E-state index < -0.39 is 0 Å². The largest absolute Gasteiger partial charge is 0.339 e. The summed E-state index contributed by atoms with van der Waals surface area (Å²) in [5.41, 5.74) is 3.38. The molecular weight excluding hydrogens is 436 g/mol. The van der Waals surface area contributed by atoms with E-state index in [4.69, 9.17) is 10.1 Å². The lowest BCUT2D eigenvalue weighted by molar-refractivity contribution is 0.0669. The Morgan fingerprint density at radius 2 is 1.77 bits per heavy atom. The molecule has 3 fully saturated rings. The zero-order valence-electron chi connectivity index (χ0n) is 20.8. The zero-order chi connectivity index (χ0) is 23.8. The lowest BCUT2D eigenvalue weighted by Gasteiger charge is -2.35. The third kappa shape index (κ3) is 4.70. The molecule has 3 aromatic rings. The number of likely N-dealkylation sites (tertiary alicyclic amines) is 2. The second-order valence-electron chi connectivity index (χ2n) is 10.7. The fraction of sp³-hybridized carbons (Fsp3) is 0.571. The molecule has 5 heterocycles. The number of rotatable bonds is 5. The summed E-state index contributed by atoms with van der Waals surface area (Å²) in [5.74, 6) is 2.03. The number of hydrogen-bond donors (Lipinski definition) is 0. The molecule has 3 aliphatic rings. The average molecular weight is 473 g/mol. The predicted octanol–water partition coefficient (Wildman–Crippen LogP) is 4.73. The standard InChI is InChI=1S/C28H36N6O/c1-20-26-23(28(35)33-16-11-21(12-17-33)19-32-14-6-2-3-7-15-32)18-24(22-9-10-22)30-27(26)34(31-20)25-8-4-5-13-29-25/h4-5,8,13,18,21-22H,2-3,6-7,9-12,14-17,19H2,1H3. The molecule has 2 saturated heterocycles. The van der Waals surface area contributed by atoms with E-state index in [-0.39, 0.29) is 5.91 Å². The van der Waals surface area contributed by atoms with Crippen molar-refractivity contribution >= 4 is 16.9 Å². The molecule has 2 aliphatic heterocycles. The van der Waals surface area contributed by atoms with Gasteiger partial charge in [-0.15, -0.1) is 0 Å². The Kier molecular flexibility index (Phi) is 6.27. The number of nitrogens with zero attached hydrogens (tertiary/aromatic N) is 6. The van der Waals surface area contributed by atoms with Crippen molar-refractivity contribution < 1.29 is 4.79 Å².